The fourth-order valence-corrected chi connectivity index (χ4v) is 2.78. The molecule has 2 heterocycles. The number of alkyl halides is 1. The molecule has 0 spiro atoms. The summed E-state index contributed by atoms with van der Waals surface area (Å²) in [6.07, 6.45) is 0.536. The molecule has 17 heavy (non-hydrogen) atoms. The van der Waals surface area contributed by atoms with Gasteiger partial charge in [-0.3, -0.25) is 4.90 Å². The molecule has 0 radical (unpaired) electrons. The molecule has 2 rings (SSSR count). The van der Waals surface area contributed by atoms with E-state index in [-0.39, 0.29) is 6.04 Å². The minimum atomic E-state index is -1.12. The molecule has 4 nitrogen and oxygen atoms in total. The lowest BCUT2D eigenvalue weighted by Gasteiger charge is -2.40. The van der Waals surface area contributed by atoms with Crippen LogP contribution in [0.2, 0.25) is 0 Å². The predicted octanol–water partition coefficient (Wildman–Crippen LogP) is 1.82. The van der Waals surface area contributed by atoms with Gasteiger partial charge in [-0.2, -0.15) is 0 Å². The summed E-state index contributed by atoms with van der Waals surface area (Å²) in [4.78, 5) is 13.6. The highest BCUT2D eigenvalue weighted by Gasteiger charge is 2.49. The van der Waals surface area contributed by atoms with E-state index in [9.17, 15) is 9.18 Å². The van der Waals surface area contributed by atoms with Crippen LogP contribution in [0.25, 0.3) is 0 Å². The predicted molar refractivity (Wildman–Crippen MR) is 62.4 cm³/mol. The normalized spacial score (nSPS) is 37.1. The van der Waals surface area contributed by atoms with Crippen LogP contribution in [0.3, 0.4) is 0 Å². The lowest BCUT2D eigenvalue weighted by atomic mass is 9.97. The van der Waals surface area contributed by atoms with Gasteiger partial charge in [0.25, 0.3) is 0 Å². The Morgan fingerprint density at radius 2 is 2.06 bits per heavy atom. The zero-order valence-corrected chi connectivity index (χ0v) is 10.6. The standard InChI is InChI=1S/C12H21FN2O2/c1-12(2,3)17-11(16)15-7-4-5-9(15)10(13)8(14)6-7/h7-10H,4-6,14H2,1-3H3/t7-,8-,9+,10?/m1/s1. The molecule has 0 aliphatic carbocycles. The molecule has 2 fully saturated rings. The van der Waals surface area contributed by atoms with Gasteiger partial charge in [0.1, 0.15) is 11.8 Å². The van der Waals surface area contributed by atoms with Crippen molar-refractivity contribution in [1.29, 1.82) is 0 Å². The number of piperidine rings is 1. The van der Waals surface area contributed by atoms with Crippen molar-refractivity contribution in [3.63, 3.8) is 0 Å². The molecule has 98 valence electrons. The average Bonchev–Trinajstić information content (AvgIpc) is 2.51. The van der Waals surface area contributed by atoms with E-state index in [1.54, 1.807) is 4.90 Å². The van der Waals surface area contributed by atoms with E-state index in [1.165, 1.54) is 0 Å². The Kier molecular flexibility index (Phi) is 3.06. The minimum absolute atomic E-state index is 0.0526. The lowest BCUT2D eigenvalue weighted by Crippen LogP contribution is -2.57. The van der Waals surface area contributed by atoms with Crippen molar-refractivity contribution in [3.05, 3.63) is 0 Å². The molecule has 5 heteroatoms. The van der Waals surface area contributed by atoms with Crippen LogP contribution in [0.15, 0.2) is 0 Å². The zero-order valence-electron chi connectivity index (χ0n) is 10.6. The molecule has 2 bridgehead atoms. The quantitative estimate of drug-likeness (QED) is 0.707. The molecule has 1 amide bonds. The van der Waals surface area contributed by atoms with Crippen molar-refractivity contribution in [2.75, 3.05) is 0 Å². The van der Waals surface area contributed by atoms with Gasteiger partial charge >= 0.3 is 6.09 Å². The maximum absolute atomic E-state index is 13.9. The van der Waals surface area contributed by atoms with E-state index < -0.39 is 29.9 Å². The lowest BCUT2D eigenvalue weighted by molar-refractivity contribution is -0.00988. The number of rotatable bonds is 0. The van der Waals surface area contributed by atoms with E-state index in [0.717, 1.165) is 6.42 Å². The van der Waals surface area contributed by atoms with Gasteiger partial charge < -0.3 is 10.5 Å². The van der Waals surface area contributed by atoms with E-state index in [4.69, 9.17) is 10.5 Å². The van der Waals surface area contributed by atoms with Crippen molar-refractivity contribution >= 4 is 6.09 Å². The molecule has 1 unspecified atom stereocenters. The van der Waals surface area contributed by atoms with Crippen molar-refractivity contribution in [2.24, 2.45) is 5.73 Å². The van der Waals surface area contributed by atoms with Crippen LogP contribution in [0.5, 0.6) is 0 Å². The summed E-state index contributed by atoms with van der Waals surface area (Å²) in [6.45, 7) is 5.44. The third kappa shape index (κ3) is 2.39. The summed E-state index contributed by atoms with van der Waals surface area (Å²) in [5.74, 6) is 0. The monoisotopic (exact) mass is 244 g/mol. The number of halogens is 1. The Bertz CT molecular complexity index is 316. The topological polar surface area (TPSA) is 55.6 Å². The van der Waals surface area contributed by atoms with Gasteiger partial charge in [-0.1, -0.05) is 0 Å². The first-order valence-corrected chi connectivity index (χ1v) is 6.20. The number of carbonyl (C=O) groups excluding carboxylic acids is 1. The number of hydrogen-bond acceptors (Lipinski definition) is 3. The minimum Gasteiger partial charge on any atom is -0.444 e. The molecule has 2 saturated heterocycles. The molecular formula is C12H21FN2O2. The molecule has 2 aliphatic rings. The van der Waals surface area contributed by atoms with E-state index in [1.807, 2.05) is 20.8 Å². The van der Waals surface area contributed by atoms with E-state index in [2.05, 4.69) is 0 Å². The number of hydrogen-bond donors (Lipinski definition) is 1. The maximum atomic E-state index is 13.9. The summed E-state index contributed by atoms with van der Waals surface area (Å²) < 4.78 is 19.3. The van der Waals surface area contributed by atoms with E-state index in [0.29, 0.717) is 12.8 Å². The van der Waals surface area contributed by atoms with Gasteiger partial charge in [-0.25, -0.2) is 9.18 Å². The molecule has 0 aromatic carbocycles. The van der Waals surface area contributed by atoms with E-state index >= 15 is 0 Å². The Balaban J connectivity index is 2.10. The van der Waals surface area contributed by atoms with Crippen molar-refractivity contribution < 1.29 is 13.9 Å². The third-order valence-corrected chi connectivity index (χ3v) is 3.47. The highest BCUT2D eigenvalue weighted by atomic mass is 19.1. The summed E-state index contributed by atoms with van der Waals surface area (Å²) in [5, 5.41) is 0. The number of amides is 1. The summed E-state index contributed by atoms with van der Waals surface area (Å²) >= 11 is 0. The number of ether oxygens (including phenoxy) is 1. The second kappa shape index (κ2) is 4.12. The van der Waals surface area contributed by atoms with Crippen molar-refractivity contribution in [1.82, 2.24) is 4.90 Å². The molecule has 4 atom stereocenters. The first-order valence-electron chi connectivity index (χ1n) is 6.20. The fraction of sp³-hybridized carbons (Fsp3) is 0.917. The van der Waals surface area contributed by atoms with Crippen molar-refractivity contribution in [3.8, 4) is 0 Å². The SMILES string of the molecule is CC(C)(C)OC(=O)N1[C@@H]2CC[C@H]1C(F)[C@H](N)C2. The van der Waals surface area contributed by atoms with Gasteiger partial charge in [0.15, 0.2) is 0 Å². The van der Waals surface area contributed by atoms with Gasteiger partial charge in [0, 0.05) is 12.1 Å². The molecule has 2 aliphatic heterocycles. The summed E-state index contributed by atoms with van der Waals surface area (Å²) in [7, 11) is 0. The largest absolute Gasteiger partial charge is 0.444 e. The molecule has 0 aromatic rings. The highest BCUT2D eigenvalue weighted by molar-refractivity contribution is 5.70. The van der Waals surface area contributed by atoms with Crippen LogP contribution in [0.4, 0.5) is 9.18 Å². The zero-order chi connectivity index (χ0) is 12.8. The van der Waals surface area contributed by atoms with Gasteiger partial charge in [-0.15, -0.1) is 0 Å². The van der Waals surface area contributed by atoms with Crippen LogP contribution in [0, 0.1) is 0 Å². The van der Waals surface area contributed by atoms with Crippen LogP contribution >= 0.6 is 0 Å². The highest BCUT2D eigenvalue weighted by Crippen LogP contribution is 2.37. The second-order valence-electron chi connectivity index (χ2n) is 6.03. The third-order valence-electron chi connectivity index (χ3n) is 3.47. The Morgan fingerprint density at radius 1 is 1.41 bits per heavy atom. The second-order valence-corrected chi connectivity index (χ2v) is 6.03. The number of fused-ring (bicyclic) bond motifs is 2. The molecule has 2 N–H and O–H groups in total. The van der Waals surface area contributed by atoms with Gasteiger partial charge in [0.2, 0.25) is 0 Å². The first kappa shape index (κ1) is 12.6. The van der Waals surface area contributed by atoms with Crippen LogP contribution < -0.4 is 5.73 Å². The molecule has 0 saturated carbocycles. The summed E-state index contributed by atoms with van der Waals surface area (Å²) in [6, 6.07) is -0.776. The Hall–Kier alpha value is -0.840. The van der Waals surface area contributed by atoms with Gasteiger partial charge in [-0.05, 0) is 40.0 Å². The molecular weight excluding hydrogens is 223 g/mol. The van der Waals surface area contributed by atoms with Crippen LogP contribution in [-0.4, -0.2) is 40.9 Å². The Labute approximate surface area is 101 Å². The summed E-state index contributed by atoms with van der Waals surface area (Å²) in [5.41, 5.74) is 5.20. The average molecular weight is 244 g/mol. The van der Waals surface area contributed by atoms with Crippen molar-refractivity contribution in [2.45, 2.75) is 69.9 Å². The van der Waals surface area contributed by atoms with Crippen LogP contribution in [0.1, 0.15) is 40.0 Å². The Morgan fingerprint density at radius 3 is 2.65 bits per heavy atom. The van der Waals surface area contributed by atoms with Crippen LogP contribution in [-0.2, 0) is 4.74 Å². The number of nitrogens with two attached hydrogens (primary N) is 1. The first-order chi connectivity index (χ1) is 7.79. The fourth-order valence-electron chi connectivity index (χ4n) is 2.78. The number of nitrogens with zero attached hydrogens (tertiary/aromatic N) is 1. The maximum Gasteiger partial charge on any atom is 0.410 e. The number of carbonyl (C=O) groups is 1. The molecule has 0 aromatic heterocycles. The van der Waals surface area contributed by atoms with Gasteiger partial charge in [0.05, 0.1) is 6.04 Å². The smallest absolute Gasteiger partial charge is 0.410 e.